The summed E-state index contributed by atoms with van der Waals surface area (Å²) in [6.45, 7) is 7.15. The van der Waals surface area contributed by atoms with Crippen LogP contribution in [0.3, 0.4) is 0 Å². The van der Waals surface area contributed by atoms with Crippen molar-refractivity contribution in [2.45, 2.75) is 84.7 Å². The maximum Gasteiger partial charge on any atom is 0.289 e. The molecule has 2 aromatic rings. The Morgan fingerprint density at radius 1 is 0.805 bits per heavy atom. The molecule has 0 aliphatic heterocycles. The number of carbonyl (C=O) groups excluding carboxylic acids is 5. The number of benzene rings is 2. The van der Waals surface area contributed by atoms with Gasteiger partial charge < -0.3 is 21.3 Å². The number of ketones is 1. The second-order valence-corrected chi connectivity index (χ2v) is 9.94. The molecule has 4 N–H and O–H groups in total. The maximum absolute atomic E-state index is 12.1. The molecule has 4 amide bonds. The summed E-state index contributed by atoms with van der Waals surface area (Å²) >= 11 is 0. The number of Topliss-reactive ketones (excluding diaryl/α,β-unsaturated/α-hetero) is 1. The monoisotopic (exact) mass is 574 g/mol. The van der Waals surface area contributed by atoms with E-state index in [1.807, 2.05) is 18.2 Å². The van der Waals surface area contributed by atoms with E-state index in [4.69, 9.17) is 0 Å². The molecule has 0 spiro atoms. The lowest BCUT2D eigenvalue weighted by Crippen LogP contribution is -2.50. The molecule has 9 nitrogen and oxygen atoms in total. The Balaban J connectivity index is -0.000000476. The molecule has 0 saturated heterocycles. The maximum atomic E-state index is 12.1. The molecule has 232 valence electrons. The lowest BCUT2D eigenvalue weighted by molar-refractivity contribution is -0.138. The Kier molecular flexibility index (Phi) is 17.8. The highest BCUT2D eigenvalue weighted by Crippen LogP contribution is 2.17. The average Bonchev–Trinajstić information content (AvgIpc) is 3.00. The number of unbranched alkanes of at least 4 members (excludes halogenated alkanes) is 1. The Bertz CT molecular complexity index is 1090. The number of aryl methyl sites for hydroxylation is 1. The van der Waals surface area contributed by atoms with Crippen molar-refractivity contribution in [3.05, 3.63) is 71.8 Å². The Morgan fingerprint density at radius 3 is 1.88 bits per heavy atom. The van der Waals surface area contributed by atoms with Crippen molar-refractivity contribution in [1.82, 2.24) is 21.3 Å². The smallest absolute Gasteiger partial charge is 0.289 e. The van der Waals surface area contributed by atoms with E-state index in [2.05, 4.69) is 54.2 Å². The number of hydrogen-bond donors (Lipinski definition) is 4. The van der Waals surface area contributed by atoms with E-state index < -0.39 is 42.0 Å². The molecule has 1 aliphatic rings. The number of carbonyl (C=O) groups is 5. The highest BCUT2D eigenvalue weighted by atomic mass is 16.2. The lowest BCUT2D eigenvalue weighted by atomic mass is 9.95. The summed E-state index contributed by atoms with van der Waals surface area (Å²) in [7, 11) is 0. The van der Waals surface area contributed by atoms with Crippen molar-refractivity contribution >= 4 is 29.4 Å². The van der Waals surface area contributed by atoms with Gasteiger partial charge in [-0.2, -0.15) is 0 Å². The van der Waals surface area contributed by atoms with Crippen LogP contribution in [0, 0.1) is 6.92 Å². The van der Waals surface area contributed by atoms with Gasteiger partial charge >= 0.3 is 0 Å². The van der Waals surface area contributed by atoms with Gasteiger partial charge in [0.25, 0.3) is 11.8 Å². The fourth-order valence-corrected chi connectivity index (χ4v) is 3.66. The second-order valence-electron chi connectivity index (χ2n) is 9.94. The highest BCUT2D eigenvalue weighted by molar-refractivity contribution is 6.37. The van der Waals surface area contributed by atoms with Crippen LogP contribution in [0.15, 0.2) is 60.7 Å². The summed E-state index contributed by atoms with van der Waals surface area (Å²) in [5, 5.41) is 9.92. The van der Waals surface area contributed by atoms with Gasteiger partial charge in [0.2, 0.25) is 17.6 Å². The van der Waals surface area contributed by atoms with Gasteiger partial charge in [0.1, 0.15) is 6.04 Å². The molecule has 9 heteroatoms. The molecular weight excluding hydrogens is 520 g/mol. The third-order valence-corrected chi connectivity index (χ3v) is 6.27. The van der Waals surface area contributed by atoms with E-state index in [0.717, 1.165) is 32.1 Å². The molecule has 0 heterocycles. The van der Waals surface area contributed by atoms with Crippen molar-refractivity contribution < 1.29 is 29.7 Å². The fourth-order valence-electron chi connectivity index (χ4n) is 3.66. The average molecular weight is 575 g/mol. The van der Waals surface area contributed by atoms with Gasteiger partial charge in [0.15, 0.2) is 0 Å². The van der Waals surface area contributed by atoms with E-state index in [1.165, 1.54) is 25.3 Å². The Morgan fingerprint density at radius 2 is 1.37 bits per heavy atom. The van der Waals surface area contributed by atoms with Crippen molar-refractivity contribution in [1.29, 1.82) is 0 Å². The molecule has 1 saturated carbocycles. The molecule has 2 aromatic carbocycles. The van der Waals surface area contributed by atoms with E-state index >= 15 is 0 Å². The first kappa shape index (κ1) is 35.0. The van der Waals surface area contributed by atoms with E-state index in [-0.39, 0.29) is 18.3 Å². The topological polar surface area (TPSA) is 133 Å². The highest BCUT2D eigenvalue weighted by Gasteiger charge is 2.22. The molecule has 1 atom stereocenters. The molecule has 41 heavy (non-hydrogen) atoms. The standard InChI is InChI=1S/C21H28N4O5.C7H8.C4H10.4H2/c1-14(24-18(27)13-23-20(29)15-8-4-2-5-9-15)19(28)22-12-17(26)21(30)25-16-10-6-3-7-11-16;1-7-5-3-2-4-6-7;1-3-4-2;;;;/h2,4-5,8-9,14,16H,3,6-7,10-13H2,1H3,(H,22,28)(H,23,29)(H,24,27)(H,25,30);2-6H,1H3;3-4H2,1-2H3;4*1H/t14-;;;;;;/m0....../s1. The SMILES string of the molecule is CCCC.C[C@H](NC(=O)CNC(=O)c1ccccc1)C(=O)NCC(=O)C(=O)NC1CCCCC1.Cc1ccccc1.[HH].[HH].[HH].[HH]. The van der Waals surface area contributed by atoms with Crippen LogP contribution in [0.2, 0.25) is 0 Å². The zero-order valence-electron chi connectivity index (χ0n) is 24.8. The minimum Gasteiger partial charge on any atom is -0.347 e. The van der Waals surface area contributed by atoms with Gasteiger partial charge in [-0.05, 0) is 38.8 Å². The first-order chi connectivity index (χ1) is 19.7. The zero-order chi connectivity index (χ0) is 30.5. The van der Waals surface area contributed by atoms with E-state index in [0.29, 0.717) is 5.56 Å². The second kappa shape index (κ2) is 20.8. The molecule has 3 rings (SSSR count). The van der Waals surface area contributed by atoms with Crippen molar-refractivity contribution in [3.63, 3.8) is 0 Å². The first-order valence-corrected chi connectivity index (χ1v) is 14.4. The van der Waals surface area contributed by atoms with Crippen molar-refractivity contribution in [2.75, 3.05) is 13.1 Å². The molecule has 0 radical (unpaired) electrons. The van der Waals surface area contributed by atoms with Crippen LogP contribution in [0.5, 0.6) is 0 Å². The molecule has 0 unspecified atom stereocenters. The van der Waals surface area contributed by atoms with Crippen LogP contribution in [0.4, 0.5) is 0 Å². The minimum atomic E-state index is -0.930. The zero-order valence-corrected chi connectivity index (χ0v) is 24.8. The molecule has 1 fully saturated rings. The summed E-state index contributed by atoms with van der Waals surface area (Å²) < 4.78 is 0. The Labute approximate surface area is 250 Å². The van der Waals surface area contributed by atoms with Crippen LogP contribution in [-0.2, 0) is 19.2 Å². The van der Waals surface area contributed by atoms with Crippen LogP contribution in [0.25, 0.3) is 0 Å². The van der Waals surface area contributed by atoms with Gasteiger partial charge in [-0.15, -0.1) is 0 Å². The van der Waals surface area contributed by atoms with Gasteiger partial charge in [-0.3, -0.25) is 24.0 Å². The fraction of sp³-hybridized carbons (Fsp3) is 0.469. The first-order valence-electron chi connectivity index (χ1n) is 14.4. The molecule has 0 aromatic heterocycles. The summed E-state index contributed by atoms with van der Waals surface area (Å²) in [4.78, 5) is 59.7. The van der Waals surface area contributed by atoms with Crippen molar-refractivity contribution in [2.24, 2.45) is 0 Å². The predicted molar refractivity (Wildman–Crippen MR) is 170 cm³/mol. The number of rotatable bonds is 10. The molecular formula is C32H54N4O5. The summed E-state index contributed by atoms with van der Waals surface area (Å²) in [6, 6.07) is 17.8. The largest absolute Gasteiger partial charge is 0.347 e. The van der Waals surface area contributed by atoms with Gasteiger partial charge in [0, 0.05) is 17.3 Å². The van der Waals surface area contributed by atoms with Crippen molar-refractivity contribution in [3.8, 4) is 0 Å². The minimum absolute atomic E-state index is 0. The normalized spacial score (nSPS) is 13.1. The number of amides is 4. The van der Waals surface area contributed by atoms with E-state index in [9.17, 15) is 24.0 Å². The molecule has 0 bridgehead atoms. The van der Waals surface area contributed by atoms with Gasteiger partial charge in [0.05, 0.1) is 13.1 Å². The predicted octanol–water partition coefficient (Wildman–Crippen LogP) is 4.84. The van der Waals surface area contributed by atoms with Crippen LogP contribution in [0.1, 0.15) is 87.3 Å². The third-order valence-electron chi connectivity index (χ3n) is 6.27. The van der Waals surface area contributed by atoms with Gasteiger partial charge in [-0.25, -0.2) is 0 Å². The quantitative estimate of drug-likeness (QED) is 0.301. The lowest BCUT2D eigenvalue weighted by Gasteiger charge is -2.22. The summed E-state index contributed by atoms with van der Waals surface area (Å²) in [6.07, 6.45) is 7.54. The van der Waals surface area contributed by atoms with Crippen LogP contribution in [-0.4, -0.2) is 54.6 Å². The summed E-state index contributed by atoms with van der Waals surface area (Å²) in [5.41, 5.74) is 1.74. The van der Waals surface area contributed by atoms with Gasteiger partial charge in [-0.1, -0.05) is 100 Å². The van der Waals surface area contributed by atoms with E-state index in [1.54, 1.807) is 30.3 Å². The van der Waals surface area contributed by atoms with Crippen LogP contribution < -0.4 is 21.3 Å². The number of nitrogens with one attached hydrogen (secondary N) is 4. The molecule has 1 aliphatic carbocycles. The number of hydrogen-bond acceptors (Lipinski definition) is 5. The third kappa shape index (κ3) is 16.0. The summed E-state index contributed by atoms with van der Waals surface area (Å²) in [5.74, 6) is -3.00. The van der Waals surface area contributed by atoms with Crippen LogP contribution >= 0.6 is 0 Å². The Hall–Kier alpha value is -4.01.